The fourth-order valence-electron chi connectivity index (χ4n) is 2.53. The van der Waals surface area contributed by atoms with E-state index < -0.39 is 0 Å². The van der Waals surface area contributed by atoms with Gasteiger partial charge in [-0.15, -0.1) is 0 Å². The number of hydrogen-bond acceptors (Lipinski definition) is 3. The molecule has 0 amide bonds. The number of nitrogens with one attached hydrogen (secondary N) is 1. The van der Waals surface area contributed by atoms with Gasteiger partial charge in [0.05, 0.1) is 0 Å². The molecule has 1 aromatic heterocycles. The fraction of sp³-hybridized carbons (Fsp3) is 0.250. The summed E-state index contributed by atoms with van der Waals surface area (Å²) in [7, 11) is 0. The van der Waals surface area contributed by atoms with Gasteiger partial charge < -0.3 is 5.73 Å². The van der Waals surface area contributed by atoms with Crippen LogP contribution in [0.4, 0.5) is 0 Å². The van der Waals surface area contributed by atoms with Gasteiger partial charge in [-0.3, -0.25) is 5.41 Å². The lowest BCUT2D eigenvalue weighted by atomic mass is 9.95. The molecule has 0 saturated heterocycles. The van der Waals surface area contributed by atoms with Gasteiger partial charge in [-0.2, -0.15) is 0 Å². The van der Waals surface area contributed by atoms with E-state index in [1.165, 1.54) is 30.2 Å². The summed E-state index contributed by atoms with van der Waals surface area (Å²) in [5.41, 5.74) is 8.84. The molecule has 0 radical (unpaired) electrons. The molecule has 3 rings (SSSR count). The molecule has 21 heavy (non-hydrogen) atoms. The topological polar surface area (TPSA) is 62.8 Å². The van der Waals surface area contributed by atoms with E-state index in [1.54, 1.807) is 0 Å². The molecule has 108 valence electrons. The van der Waals surface area contributed by atoms with Crippen LogP contribution in [0.25, 0.3) is 0 Å². The van der Waals surface area contributed by atoms with E-state index in [0.717, 1.165) is 34.0 Å². The van der Waals surface area contributed by atoms with Gasteiger partial charge in [0.15, 0.2) is 0 Å². The first-order valence-corrected chi connectivity index (χ1v) is 8.13. The third kappa shape index (κ3) is 3.22. The lowest BCUT2D eigenvalue weighted by Crippen LogP contribution is -2.16. The average Bonchev–Trinajstić information content (AvgIpc) is 2.46. The zero-order valence-electron chi connectivity index (χ0n) is 11.5. The minimum Gasteiger partial charge on any atom is -0.384 e. The molecule has 0 spiro atoms. The van der Waals surface area contributed by atoms with Crippen molar-refractivity contribution in [2.75, 3.05) is 0 Å². The minimum atomic E-state index is 0.0698. The second kappa shape index (κ2) is 6.08. The first kappa shape index (κ1) is 14.4. The van der Waals surface area contributed by atoms with Crippen molar-refractivity contribution in [3.63, 3.8) is 0 Å². The molecule has 5 heteroatoms. The molecule has 3 nitrogen and oxygen atoms in total. The van der Waals surface area contributed by atoms with Gasteiger partial charge >= 0.3 is 0 Å². The fourth-order valence-corrected chi connectivity index (χ4v) is 3.77. The van der Waals surface area contributed by atoms with E-state index in [1.807, 2.05) is 30.3 Å². The summed E-state index contributed by atoms with van der Waals surface area (Å²) in [5, 5.41) is 9.29. The average molecular weight is 318 g/mol. The largest absolute Gasteiger partial charge is 0.384 e. The van der Waals surface area contributed by atoms with E-state index in [4.69, 9.17) is 27.7 Å². The summed E-state index contributed by atoms with van der Waals surface area (Å²) >= 11 is 7.54. The Bertz CT molecular complexity index is 700. The lowest BCUT2D eigenvalue weighted by molar-refractivity contribution is 0.660. The van der Waals surface area contributed by atoms with Crippen LogP contribution in [-0.4, -0.2) is 10.8 Å². The van der Waals surface area contributed by atoms with E-state index in [9.17, 15) is 0 Å². The molecular weight excluding hydrogens is 302 g/mol. The van der Waals surface area contributed by atoms with Gasteiger partial charge in [-0.1, -0.05) is 29.4 Å². The Labute approximate surface area is 133 Å². The second-order valence-electron chi connectivity index (χ2n) is 5.13. The van der Waals surface area contributed by atoms with Crippen LogP contribution in [0.3, 0.4) is 0 Å². The van der Waals surface area contributed by atoms with Crippen LogP contribution < -0.4 is 5.73 Å². The molecule has 0 saturated carbocycles. The number of rotatable bonds is 3. The van der Waals surface area contributed by atoms with Crippen LogP contribution in [0.15, 0.2) is 40.3 Å². The third-order valence-corrected chi connectivity index (χ3v) is 4.80. The van der Waals surface area contributed by atoms with Gasteiger partial charge in [0.1, 0.15) is 10.9 Å². The van der Waals surface area contributed by atoms with Crippen molar-refractivity contribution in [1.82, 2.24) is 4.98 Å². The first-order valence-electron chi connectivity index (χ1n) is 6.94. The first-order chi connectivity index (χ1) is 10.1. The summed E-state index contributed by atoms with van der Waals surface area (Å²) < 4.78 is 0. The Hall–Kier alpha value is -1.52. The Balaban J connectivity index is 2.01. The van der Waals surface area contributed by atoms with Crippen LogP contribution in [0.2, 0.25) is 5.02 Å². The Morgan fingerprint density at radius 1 is 1.24 bits per heavy atom. The Morgan fingerprint density at radius 3 is 2.81 bits per heavy atom. The van der Waals surface area contributed by atoms with E-state index in [0.29, 0.717) is 5.02 Å². The number of nitrogens with zero attached hydrogens (tertiary/aromatic N) is 1. The molecule has 1 aliphatic carbocycles. The second-order valence-corrected chi connectivity index (χ2v) is 6.63. The molecule has 2 aromatic rings. The molecule has 1 aromatic carbocycles. The number of amidine groups is 1. The monoisotopic (exact) mass is 317 g/mol. The smallest absolute Gasteiger partial charge is 0.125 e. The predicted molar refractivity (Wildman–Crippen MR) is 87.5 cm³/mol. The van der Waals surface area contributed by atoms with Crippen LogP contribution in [0.5, 0.6) is 0 Å². The molecule has 1 aliphatic rings. The summed E-state index contributed by atoms with van der Waals surface area (Å²) in [5.74, 6) is 0.0698. The third-order valence-electron chi connectivity index (χ3n) is 3.57. The lowest BCUT2D eigenvalue weighted by Gasteiger charge is -2.18. The number of nitrogen functional groups attached to an aromatic ring is 1. The summed E-state index contributed by atoms with van der Waals surface area (Å²) in [4.78, 5) is 5.77. The molecule has 0 bridgehead atoms. The maximum Gasteiger partial charge on any atom is 0.125 e. The SMILES string of the molecule is N=C(N)c1cc2c(nc1Sc1cccc(Cl)c1)CCCC2. The molecule has 0 aliphatic heterocycles. The Morgan fingerprint density at radius 2 is 2.05 bits per heavy atom. The zero-order valence-corrected chi connectivity index (χ0v) is 13.1. The number of aromatic nitrogens is 1. The maximum atomic E-state index is 7.80. The standard InChI is InChI=1S/C16H16ClN3S/c17-11-5-3-6-12(9-11)21-16-13(15(18)19)8-10-4-1-2-7-14(10)20-16/h3,5-6,8-9H,1-2,4,7H2,(H3,18,19). The minimum absolute atomic E-state index is 0.0698. The number of halogens is 1. The van der Waals surface area contributed by atoms with E-state index >= 15 is 0 Å². The van der Waals surface area contributed by atoms with Crippen LogP contribution in [0, 0.1) is 5.41 Å². The van der Waals surface area contributed by atoms with E-state index in [2.05, 4.69) is 0 Å². The quantitative estimate of drug-likeness (QED) is 0.663. The van der Waals surface area contributed by atoms with E-state index in [-0.39, 0.29) is 5.84 Å². The van der Waals surface area contributed by atoms with Gasteiger partial charge in [0, 0.05) is 21.2 Å². The summed E-state index contributed by atoms with van der Waals surface area (Å²) in [6.07, 6.45) is 4.41. The van der Waals surface area contributed by atoms with Crippen LogP contribution in [0.1, 0.15) is 29.7 Å². The van der Waals surface area contributed by atoms with Crippen molar-refractivity contribution < 1.29 is 0 Å². The predicted octanol–water partition coefficient (Wildman–Crippen LogP) is 4.05. The van der Waals surface area contributed by atoms with Crippen molar-refractivity contribution in [2.45, 2.75) is 35.6 Å². The van der Waals surface area contributed by atoms with Crippen LogP contribution in [-0.2, 0) is 12.8 Å². The number of benzene rings is 1. The summed E-state index contributed by atoms with van der Waals surface area (Å²) in [6, 6.07) is 9.68. The van der Waals surface area contributed by atoms with Gasteiger partial charge in [-0.25, -0.2) is 4.98 Å². The van der Waals surface area contributed by atoms with Crippen molar-refractivity contribution in [3.05, 3.63) is 52.2 Å². The molecular formula is C16H16ClN3S. The zero-order chi connectivity index (χ0) is 14.8. The number of hydrogen-bond donors (Lipinski definition) is 2. The highest BCUT2D eigenvalue weighted by molar-refractivity contribution is 7.99. The summed E-state index contributed by atoms with van der Waals surface area (Å²) in [6.45, 7) is 0. The van der Waals surface area contributed by atoms with Crippen molar-refractivity contribution in [2.24, 2.45) is 5.73 Å². The number of nitrogens with two attached hydrogens (primary N) is 1. The highest BCUT2D eigenvalue weighted by Gasteiger charge is 2.17. The van der Waals surface area contributed by atoms with Crippen molar-refractivity contribution in [3.8, 4) is 0 Å². The highest BCUT2D eigenvalue weighted by atomic mass is 35.5. The van der Waals surface area contributed by atoms with Crippen molar-refractivity contribution >= 4 is 29.2 Å². The molecule has 1 heterocycles. The molecule has 0 unspecified atom stereocenters. The van der Waals surface area contributed by atoms with Gasteiger partial charge in [0.2, 0.25) is 0 Å². The Kier molecular flexibility index (Phi) is 4.17. The maximum absolute atomic E-state index is 7.80. The highest BCUT2D eigenvalue weighted by Crippen LogP contribution is 2.33. The van der Waals surface area contributed by atoms with Crippen LogP contribution >= 0.6 is 23.4 Å². The number of aryl methyl sites for hydroxylation is 2. The van der Waals surface area contributed by atoms with Crippen molar-refractivity contribution in [1.29, 1.82) is 5.41 Å². The van der Waals surface area contributed by atoms with Gasteiger partial charge in [-0.05, 0) is 55.5 Å². The number of pyridine rings is 1. The molecule has 0 atom stereocenters. The molecule has 0 fully saturated rings. The normalized spacial score (nSPS) is 13.8. The number of fused-ring (bicyclic) bond motifs is 1. The molecule has 3 N–H and O–H groups in total. The van der Waals surface area contributed by atoms with Gasteiger partial charge in [0.25, 0.3) is 0 Å².